The fraction of sp³-hybridized carbons (Fsp3) is 0.200. The van der Waals surface area contributed by atoms with Gasteiger partial charge < -0.3 is 14.6 Å². The largest absolute Gasteiger partial charge is 0.485 e. The van der Waals surface area contributed by atoms with Crippen LogP contribution in [-0.2, 0) is 13.7 Å². The molecule has 5 heteroatoms. The summed E-state index contributed by atoms with van der Waals surface area (Å²) in [4.78, 5) is 16.3. The number of carbonyl (C=O) groups is 1. The van der Waals surface area contributed by atoms with E-state index in [0.717, 1.165) is 29.0 Å². The molecule has 3 rings (SSSR count). The third-order valence-electron chi connectivity index (χ3n) is 4.54. The smallest absolute Gasteiger partial charge is 0.177 e. The van der Waals surface area contributed by atoms with E-state index in [2.05, 4.69) is 12.2 Å². The second kappa shape index (κ2) is 10.3. The highest BCUT2D eigenvalue weighted by molar-refractivity contribution is 5.94. The van der Waals surface area contributed by atoms with Crippen molar-refractivity contribution in [3.8, 4) is 5.75 Å². The van der Waals surface area contributed by atoms with Crippen LogP contribution in [-0.4, -0.2) is 10.4 Å². The number of anilines is 1. The van der Waals surface area contributed by atoms with Crippen molar-refractivity contribution in [2.24, 2.45) is 12.0 Å². The molecule has 0 saturated carbocycles. The second-order valence-corrected chi connectivity index (χ2v) is 6.95. The molecule has 0 aliphatic carbocycles. The van der Waals surface area contributed by atoms with E-state index >= 15 is 0 Å². The molecular weight excluding hydrogens is 374 g/mol. The first-order chi connectivity index (χ1) is 14.6. The SMILES string of the molecule is CC/C=C(\N=c1\c(OCc2ccccc2)cccn1C)Nc1ccc(C(C)=O)cc1. The van der Waals surface area contributed by atoms with Gasteiger partial charge in [0.1, 0.15) is 12.4 Å². The molecule has 0 saturated heterocycles. The Morgan fingerprint density at radius 2 is 1.80 bits per heavy atom. The van der Waals surface area contributed by atoms with Crippen LogP contribution in [0.15, 0.2) is 89.8 Å². The van der Waals surface area contributed by atoms with Crippen LogP contribution in [0.5, 0.6) is 5.75 Å². The van der Waals surface area contributed by atoms with Crippen molar-refractivity contribution in [1.29, 1.82) is 0 Å². The van der Waals surface area contributed by atoms with Crippen LogP contribution in [0, 0.1) is 0 Å². The molecule has 0 amide bonds. The summed E-state index contributed by atoms with van der Waals surface area (Å²) in [6.45, 7) is 4.10. The number of benzene rings is 2. The van der Waals surface area contributed by atoms with Gasteiger partial charge in [-0.2, -0.15) is 0 Å². The molecule has 1 N–H and O–H groups in total. The molecule has 1 aromatic heterocycles. The Hall–Kier alpha value is -3.60. The number of hydrogen-bond donors (Lipinski definition) is 1. The quantitative estimate of drug-likeness (QED) is 0.536. The number of pyridine rings is 1. The Bertz CT molecular complexity index is 1080. The molecule has 0 fully saturated rings. The van der Waals surface area contributed by atoms with Gasteiger partial charge in [-0.3, -0.25) is 4.79 Å². The Morgan fingerprint density at radius 3 is 2.47 bits per heavy atom. The van der Waals surface area contributed by atoms with Gasteiger partial charge >= 0.3 is 0 Å². The topological polar surface area (TPSA) is 55.6 Å². The van der Waals surface area contributed by atoms with Crippen LogP contribution in [0.1, 0.15) is 36.2 Å². The third-order valence-corrected chi connectivity index (χ3v) is 4.54. The lowest BCUT2D eigenvalue weighted by Gasteiger charge is -2.12. The van der Waals surface area contributed by atoms with Gasteiger partial charge in [0.05, 0.1) is 0 Å². The molecule has 0 aliphatic rings. The number of hydrogen-bond acceptors (Lipinski definition) is 4. The Balaban J connectivity index is 1.87. The number of nitrogens with zero attached hydrogens (tertiary/aromatic N) is 2. The number of carbonyl (C=O) groups excluding carboxylic acids is 1. The highest BCUT2D eigenvalue weighted by Crippen LogP contribution is 2.14. The predicted octanol–water partition coefficient (Wildman–Crippen LogP) is 5.07. The summed E-state index contributed by atoms with van der Waals surface area (Å²) in [6.07, 6.45) is 4.79. The van der Waals surface area contributed by atoms with Crippen molar-refractivity contribution >= 4 is 11.5 Å². The standard InChI is InChI=1S/C25H27N3O2/c1-4-9-24(26-22-15-13-21(14-16-22)19(2)29)27-25-23(12-8-17-28(25)3)30-18-20-10-6-5-7-11-20/h5-17,26H,4,18H2,1-3H3/b24-9-,27-25-. The van der Waals surface area contributed by atoms with E-state index in [1.807, 2.05) is 90.6 Å². The maximum atomic E-state index is 11.5. The second-order valence-electron chi connectivity index (χ2n) is 6.95. The number of ketones is 1. The fourth-order valence-electron chi connectivity index (χ4n) is 2.93. The predicted molar refractivity (Wildman–Crippen MR) is 120 cm³/mol. The molecule has 0 bridgehead atoms. The molecule has 5 nitrogen and oxygen atoms in total. The molecule has 154 valence electrons. The molecule has 0 radical (unpaired) electrons. The van der Waals surface area contributed by atoms with E-state index in [1.165, 1.54) is 0 Å². The molecule has 0 aliphatic heterocycles. The van der Waals surface area contributed by atoms with Gasteiger partial charge in [0, 0.05) is 24.5 Å². The summed E-state index contributed by atoms with van der Waals surface area (Å²) in [5, 5.41) is 3.34. The van der Waals surface area contributed by atoms with Crippen LogP contribution in [0.3, 0.4) is 0 Å². The van der Waals surface area contributed by atoms with E-state index in [0.29, 0.717) is 17.9 Å². The van der Waals surface area contributed by atoms with Crippen LogP contribution in [0.4, 0.5) is 5.69 Å². The van der Waals surface area contributed by atoms with Crippen molar-refractivity contribution in [1.82, 2.24) is 4.57 Å². The van der Waals surface area contributed by atoms with Crippen molar-refractivity contribution in [2.75, 3.05) is 5.32 Å². The zero-order valence-electron chi connectivity index (χ0n) is 17.6. The first-order valence-corrected chi connectivity index (χ1v) is 10.0. The Morgan fingerprint density at radius 1 is 1.07 bits per heavy atom. The minimum absolute atomic E-state index is 0.0482. The lowest BCUT2D eigenvalue weighted by molar-refractivity contribution is 0.101. The fourth-order valence-corrected chi connectivity index (χ4v) is 2.93. The van der Waals surface area contributed by atoms with Gasteiger partial charge in [-0.25, -0.2) is 4.99 Å². The number of aryl methyl sites for hydroxylation is 1. The summed E-state index contributed by atoms with van der Waals surface area (Å²) in [5.41, 5.74) is 3.38. The third kappa shape index (κ3) is 5.70. The van der Waals surface area contributed by atoms with E-state index in [1.54, 1.807) is 6.92 Å². The minimum atomic E-state index is 0.0482. The molecule has 3 aromatic rings. The normalized spacial score (nSPS) is 12.0. The molecule has 30 heavy (non-hydrogen) atoms. The summed E-state index contributed by atoms with van der Waals surface area (Å²) in [7, 11) is 1.94. The van der Waals surface area contributed by atoms with Gasteiger partial charge in [0.25, 0.3) is 0 Å². The van der Waals surface area contributed by atoms with Gasteiger partial charge in [0.2, 0.25) is 0 Å². The van der Waals surface area contributed by atoms with E-state index in [9.17, 15) is 4.79 Å². The maximum Gasteiger partial charge on any atom is 0.177 e. The van der Waals surface area contributed by atoms with Crippen LogP contribution >= 0.6 is 0 Å². The first kappa shape index (κ1) is 21.1. The highest BCUT2D eigenvalue weighted by Gasteiger charge is 2.05. The Kier molecular flexibility index (Phi) is 7.22. The highest BCUT2D eigenvalue weighted by atomic mass is 16.5. The van der Waals surface area contributed by atoms with Gasteiger partial charge in [-0.15, -0.1) is 0 Å². The summed E-state index contributed by atoms with van der Waals surface area (Å²) in [6, 6.07) is 21.3. The van der Waals surface area contributed by atoms with E-state index < -0.39 is 0 Å². The van der Waals surface area contributed by atoms with Gasteiger partial charge in [-0.1, -0.05) is 37.3 Å². The number of allylic oxidation sites excluding steroid dienone is 1. The number of Topliss-reactive ketones (excluding diaryl/α,β-unsaturated/α-hetero) is 1. The molecular formula is C25H27N3O2. The lowest BCUT2D eigenvalue weighted by atomic mass is 10.1. The maximum absolute atomic E-state index is 11.5. The van der Waals surface area contributed by atoms with Crippen molar-refractivity contribution in [3.05, 3.63) is 101 Å². The number of ether oxygens (including phenoxy) is 1. The van der Waals surface area contributed by atoms with Crippen molar-refractivity contribution in [2.45, 2.75) is 26.9 Å². The van der Waals surface area contributed by atoms with E-state index in [-0.39, 0.29) is 5.78 Å². The van der Waals surface area contributed by atoms with Gasteiger partial charge in [0.15, 0.2) is 17.0 Å². The van der Waals surface area contributed by atoms with Crippen molar-refractivity contribution in [3.63, 3.8) is 0 Å². The molecule has 2 aromatic carbocycles. The van der Waals surface area contributed by atoms with Crippen molar-refractivity contribution < 1.29 is 9.53 Å². The average molecular weight is 402 g/mol. The monoisotopic (exact) mass is 401 g/mol. The van der Waals surface area contributed by atoms with Crippen LogP contribution in [0.25, 0.3) is 0 Å². The summed E-state index contributed by atoms with van der Waals surface area (Å²) < 4.78 is 8.00. The zero-order valence-corrected chi connectivity index (χ0v) is 17.6. The van der Waals surface area contributed by atoms with Crippen LogP contribution in [0.2, 0.25) is 0 Å². The first-order valence-electron chi connectivity index (χ1n) is 10.0. The number of rotatable bonds is 8. The average Bonchev–Trinajstić information content (AvgIpc) is 2.75. The van der Waals surface area contributed by atoms with Crippen LogP contribution < -0.4 is 15.5 Å². The molecule has 0 unspecified atom stereocenters. The lowest BCUT2D eigenvalue weighted by Crippen LogP contribution is -2.21. The number of aromatic nitrogens is 1. The molecule has 1 heterocycles. The minimum Gasteiger partial charge on any atom is -0.485 e. The van der Waals surface area contributed by atoms with E-state index in [4.69, 9.17) is 9.73 Å². The zero-order chi connectivity index (χ0) is 21.3. The summed E-state index contributed by atoms with van der Waals surface area (Å²) >= 11 is 0. The summed E-state index contributed by atoms with van der Waals surface area (Å²) in [5.74, 6) is 1.48. The Labute approximate surface area is 177 Å². The number of nitrogens with one attached hydrogen (secondary N) is 1. The molecule has 0 atom stereocenters. The molecule has 0 spiro atoms. The van der Waals surface area contributed by atoms with Gasteiger partial charge in [-0.05, 0) is 61.4 Å².